The molecule has 0 aliphatic heterocycles. The van der Waals surface area contributed by atoms with Crippen molar-refractivity contribution in [1.82, 2.24) is 5.43 Å². The molecule has 29 heavy (non-hydrogen) atoms. The molecular weight excluding hydrogens is 397 g/mol. The number of halogens is 1. The molecule has 0 aromatic heterocycles. The first kappa shape index (κ1) is 22.4. The molecular formula is C20H24FN3O4S. The maximum atomic E-state index is 13.0. The van der Waals surface area contributed by atoms with E-state index < -0.39 is 22.0 Å². The van der Waals surface area contributed by atoms with Crippen molar-refractivity contribution in [3.05, 3.63) is 59.9 Å². The average molecular weight is 421 g/mol. The molecule has 1 N–H and O–H groups in total. The van der Waals surface area contributed by atoms with Crippen LogP contribution in [0.15, 0.2) is 53.6 Å². The molecule has 0 heterocycles. The number of amides is 1. The highest BCUT2D eigenvalue weighted by molar-refractivity contribution is 7.92. The highest BCUT2D eigenvalue weighted by Gasteiger charge is 2.29. The van der Waals surface area contributed by atoms with Crippen molar-refractivity contribution in [2.24, 2.45) is 5.10 Å². The minimum absolute atomic E-state index is 0.331. The third-order valence-corrected chi connectivity index (χ3v) is 5.33. The molecule has 2 aromatic carbocycles. The summed E-state index contributed by atoms with van der Waals surface area (Å²) in [7, 11) is -3.74. The van der Waals surface area contributed by atoms with Crippen LogP contribution in [0, 0.1) is 5.82 Å². The van der Waals surface area contributed by atoms with Gasteiger partial charge in [-0.05, 0) is 62.7 Å². The zero-order valence-corrected chi connectivity index (χ0v) is 17.5. The van der Waals surface area contributed by atoms with Crippen molar-refractivity contribution < 1.29 is 22.3 Å². The van der Waals surface area contributed by atoms with Gasteiger partial charge in [0.2, 0.25) is 10.0 Å². The van der Waals surface area contributed by atoms with E-state index in [1.54, 1.807) is 31.2 Å². The first-order valence-electron chi connectivity index (χ1n) is 8.95. The fraction of sp³-hybridized carbons (Fsp3) is 0.300. The van der Waals surface area contributed by atoms with Crippen LogP contribution in [0.25, 0.3) is 0 Å². The summed E-state index contributed by atoms with van der Waals surface area (Å²) in [6.45, 7) is 5.45. The zero-order chi connectivity index (χ0) is 21.6. The van der Waals surface area contributed by atoms with Crippen LogP contribution >= 0.6 is 0 Å². The molecule has 1 unspecified atom stereocenters. The van der Waals surface area contributed by atoms with Crippen LogP contribution in [-0.2, 0) is 14.8 Å². The maximum Gasteiger partial charge on any atom is 0.263 e. The summed E-state index contributed by atoms with van der Waals surface area (Å²) in [6, 6.07) is 11.0. The van der Waals surface area contributed by atoms with E-state index in [2.05, 4.69) is 10.5 Å². The molecule has 156 valence electrons. The number of nitrogens with zero attached hydrogens (tertiary/aromatic N) is 2. The largest absolute Gasteiger partial charge is 0.494 e. The summed E-state index contributed by atoms with van der Waals surface area (Å²) in [5.41, 5.74) is 3.79. The molecule has 0 radical (unpaired) electrons. The lowest BCUT2D eigenvalue weighted by atomic mass is 10.1. The van der Waals surface area contributed by atoms with Gasteiger partial charge in [-0.3, -0.25) is 9.10 Å². The molecule has 0 fully saturated rings. The number of hydrogen-bond acceptors (Lipinski definition) is 5. The van der Waals surface area contributed by atoms with E-state index in [0.717, 1.165) is 10.6 Å². The van der Waals surface area contributed by atoms with Gasteiger partial charge in [-0.25, -0.2) is 18.2 Å². The number of carbonyl (C=O) groups excluding carboxylic acids is 1. The van der Waals surface area contributed by atoms with E-state index in [1.165, 1.54) is 31.2 Å². The number of carbonyl (C=O) groups is 1. The van der Waals surface area contributed by atoms with Crippen LogP contribution in [-0.4, -0.2) is 38.9 Å². The van der Waals surface area contributed by atoms with E-state index in [9.17, 15) is 17.6 Å². The molecule has 0 saturated heterocycles. The van der Waals surface area contributed by atoms with Crippen molar-refractivity contribution in [1.29, 1.82) is 0 Å². The monoisotopic (exact) mass is 421 g/mol. The Morgan fingerprint density at radius 1 is 1.17 bits per heavy atom. The molecule has 7 nitrogen and oxygen atoms in total. The average Bonchev–Trinajstić information content (AvgIpc) is 2.67. The van der Waals surface area contributed by atoms with Crippen LogP contribution in [0.5, 0.6) is 5.75 Å². The summed E-state index contributed by atoms with van der Waals surface area (Å²) in [4.78, 5) is 12.6. The molecule has 2 rings (SSSR count). The van der Waals surface area contributed by atoms with Crippen molar-refractivity contribution in [3.63, 3.8) is 0 Å². The second-order valence-electron chi connectivity index (χ2n) is 6.34. The van der Waals surface area contributed by atoms with Gasteiger partial charge in [-0.1, -0.05) is 12.1 Å². The lowest BCUT2D eigenvalue weighted by molar-refractivity contribution is -0.121. The van der Waals surface area contributed by atoms with E-state index in [4.69, 9.17) is 4.74 Å². The van der Waals surface area contributed by atoms with Gasteiger partial charge in [0.1, 0.15) is 17.6 Å². The number of anilines is 1. The smallest absolute Gasteiger partial charge is 0.263 e. The lowest BCUT2D eigenvalue weighted by Crippen LogP contribution is -2.46. The second kappa shape index (κ2) is 9.51. The molecule has 1 amide bonds. The van der Waals surface area contributed by atoms with E-state index >= 15 is 0 Å². The highest BCUT2D eigenvalue weighted by atomic mass is 32.2. The van der Waals surface area contributed by atoms with Gasteiger partial charge in [0.25, 0.3) is 5.91 Å². The van der Waals surface area contributed by atoms with E-state index in [1.807, 2.05) is 6.92 Å². The van der Waals surface area contributed by atoms with E-state index in [0.29, 0.717) is 29.3 Å². The number of hydrazone groups is 1. The summed E-state index contributed by atoms with van der Waals surface area (Å²) in [6.07, 6.45) is 1.03. The summed E-state index contributed by atoms with van der Waals surface area (Å²) in [5.74, 6) is -0.384. The Morgan fingerprint density at radius 2 is 1.76 bits per heavy atom. The zero-order valence-electron chi connectivity index (χ0n) is 16.7. The number of sulfonamides is 1. The molecule has 0 bridgehead atoms. The molecule has 0 spiro atoms. The lowest BCUT2D eigenvalue weighted by Gasteiger charge is -2.27. The van der Waals surface area contributed by atoms with Crippen molar-refractivity contribution in [3.8, 4) is 5.75 Å². The Labute approximate surface area is 170 Å². The van der Waals surface area contributed by atoms with Gasteiger partial charge in [0, 0.05) is 0 Å². The molecule has 1 atom stereocenters. The Hall–Kier alpha value is -2.94. The third-order valence-electron chi connectivity index (χ3n) is 4.09. The topological polar surface area (TPSA) is 88.1 Å². The summed E-state index contributed by atoms with van der Waals surface area (Å²) in [5, 5.41) is 3.99. The van der Waals surface area contributed by atoms with Crippen molar-refractivity contribution in [2.75, 3.05) is 17.2 Å². The van der Waals surface area contributed by atoms with Crippen LogP contribution in [0.1, 0.15) is 26.3 Å². The molecule has 0 aliphatic rings. The van der Waals surface area contributed by atoms with Gasteiger partial charge in [0.05, 0.1) is 24.3 Å². The minimum Gasteiger partial charge on any atom is -0.494 e. The Morgan fingerprint density at radius 3 is 2.28 bits per heavy atom. The van der Waals surface area contributed by atoms with Crippen LogP contribution < -0.4 is 14.5 Å². The van der Waals surface area contributed by atoms with Gasteiger partial charge in [0.15, 0.2) is 0 Å². The highest BCUT2D eigenvalue weighted by Crippen LogP contribution is 2.24. The first-order valence-corrected chi connectivity index (χ1v) is 10.8. The fourth-order valence-electron chi connectivity index (χ4n) is 2.65. The van der Waals surface area contributed by atoms with Crippen molar-refractivity contribution in [2.45, 2.75) is 26.8 Å². The predicted molar refractivity (Wildman–Crippen MR) is 111 cm³/mol. The van der Waals surface area contributed by atoms with Gasteiger partial charge in [-0.2, -0.15) is 5.10 Å². The Kier molecular flexibility index (Phi) is 7.33. The fourth-order valence-corrected chi connectivity index (χ4v) is 3.83. The van der Waals surface area contributed by atoms with Crippen LogP contribution in [0.2, 0.25) is 0 Å². The molecule has 0 aliphatic carbocycles. The van der Waals surface area contributed by atoms with Crippen LogP contribution in [0.4, 0.5) is 10.1 Å². The summed E-state index contributed by atoms with van der Waals surface area (Å²) < 4.78 is 44.0. The number of benzene rings is 2. The van der Waals surface area contributed by atoms with Gasteiger partial charge < -0.3 is 4.74 Å². The second-order valence-corrected chi connectivity index (χ2v) is 8.20. The normalized spacial score (nSPS) is 12.9. The Balaban J connectivity index is 2.20. The van der Waals surface area contributed by atoms with E-state index in [-0.39, 0.29) is 5.82 Å². The number of hydrogen-bond donors (Lipinski definition) is 1. The van der Waals surface area contributed by atoms with Gasteiger partial charge >= 0.3 is 0 Å². The number of nitrogens with one attached hydrogen (secondary N) is 1. The van der Waals surface area contributed by atoms with Crippen LogP contribution in [0.3, 0.4) is 0 Å². The third kappa shape index (κ3) is 6.02. The SMILES string of the molecule is CCOc1ccc(N(C(C)C(=O)NN=C(C)c2ccc(F)cc2)S(C)(=O)=O)cc1. The van der Waals surface area contributed by atoms with Gasteiger partial charge in [-0.15, -0.1) is 0 Å². The van der Waals surface area contributed by atoms with Crippen molar-refractivity contribution >= 4 is 27.3 Å². The minimum atomic E-state index is -3.74. The number of ether oxygens (including phenoxy) is 1. The molecule has 2 aromatic rings. The molecule has 0 saturated carbocycles. The Bertz CT molecular complexity index is 974. The summed E-state index contributed by atoms with van der Waals surface area (Å²) >= 11 is 0. The number of rotatable bonds is 8. The quantitative estimate of drug-likeness (QED) is 0.524. The standard InChI is InChI=1S/C20H24FN3O4S/c1-5-28-19-12-10-18(11-13-19)24(29(4,26)27)15(3)20(25)23-22-14(2)16-6-8-17(21)9-7-16/h6-13,15H,5H2,1-4H3,(H,23,25). The predicted octanol–water partition coefficient (Wildman–Crippen LogP) is 2.92. The first-order chi connectivity index (χ1) is 13.6. The molecule has 9 heteroatoms. The maximum absolute atomic E-state index is 13.0.